The van der Waals surface area contributed by atoms with Crippen molar-refractivity contribution in [2.45, 2.75) is 13.5 Å². The van der Waals surface area contributed by atoms with E-state index in [-0.39, 0.29) is 11.5 Å². The van der Waals surface area contributed by atoms with Gasteiger partial charge in [0.15, 0.2) is 11.5 Å². The summed E-state index contributed by atoms with van der Waals surface area (Å²) in [5, 5.41) is 0. The SMILES string of the molecule is C=C/C(OC(F)F)=C(\C=C/C)OC. The number of hydrogen-bond acceptors (Lipinski definition) is 2. The Labute approximate surface area is 76.1 Å². The molecule has 0 unspecified atom stereocenters. The third-order valence-corrected chi connectivity index (χ3v) is 1.18. The molecule has 0 spiro atoms. The Hall–Kier alpha value is -1.32. The second-order valence-electron chi connectivity index (χ2n) is 2.02. The van der Waals surface area contributed by atoms with Crippen molar-refractivity contribution in [3.63, 3.8) is 0 Å². The summed E-state index contributed by atoms with van der Waals surface area (Å²) >= 11 is 0. The van der Waals surface area contributed by atoms with Crippen LogP contribution >= 0.6 is 0 Å². The maximum absolute atomic E-state index is 11.8. The van der Waals surface area contributed by atoms with Gasteiger partial charge in [-0.15, -0.1) is 0 Å². The van der Waals surface area contributed by atoms with E-state index in [1.807, 2.05) is 0 Å². The van der Waals surface area contributed by atoms with Gasteiger partial charge in [0.25, 0.3) is 0 Å². The number of ether oxygens (including phenoxy) is 2. The van der Waals surface area contributed by atoms with Gasteiger partial charge in [-0.1, -0.05) is 12.7 Å². The van der Waals surface area contributed by atoms with Crippen molar-refractivity contribution < 1.29 is 18.3 Å². The number of alkyl halides is 2. The lowest BCUT2D eigenvalue weighted by molar-refractivity contribution is -0.0950. The molecule has 0 bridgehead atoms. The minimum atomic E-state index is -2.87. The van der Waals surface area contributed by atoms with Gasteiger partial charge in [-0.25, -0.2) is 0 Å². The molecule has 4 heteroatoms. The molecule has 0 aromatic heterocycles. The summed E-state index contributed by atoms with van der Waals surface area (Å²) in [4.78, 5) is 0. The summed E-state index contributed by atoms with van der Waals surface area (Å²) < 4.78 is 32.6. The van der Waals surface area contributed by atoms with E-state index in [0.29, 0.717) is 0 Å². The minimum absolute atomic E-state index is 0.0735. The molecule has 0 saturated heterocycles. The maximum Gasteiger partial charge on any atom is 0.387 e. The predicted octanol–water partition coefficient (Wildman–Crippen LogP) is 2.85. The van der Waals surface area contributed by atoms with Crippen LogP contribution in [0.4, 0.5) is 8.78 Å². The predicted molar refractivity (Wildman–Crippen MR) is 46.1 cm³/mol. The number of halogens is 2. The monoisotopic (exact) mass is 190 g/mol. The van der Waals surface area contributed by atoms with Gasteiger partial charge in [0, 0.05) is 0 Å². The van der Waals surface area contributed by atoms with Crippen LogP contribution in [0.3, 0.4) is 0 Å². The molecule has 0 rings (SSSR count). The molecule has 0 aliphatic heterocycles. The van der Waals surface area contributed by atoms with Gasteiger partial charge in [0.2, 0.25) is 0 Å². The van der Waals surface area contributed by atoms with Crippen LogP contribution in [0.25, 0.3) is 0 Å². The Bertz CT molecular complexity index is 220. The van der Waals surface area contributed by atoms with Gasteiger partial charge in [-0.05, 0) is 19.1 Å². The maximum atomic E-state index is 11.8. The zero-order valence-corrected chi connectivity index (χ0v) is 7.59. The lowest BCUT2D eigenvalue weighted by Crippen LogP contribution is -2.01. The zero-order chi connectivity index (χ0) is 10.3. The highest BCUT2D eigenvalue weighted by atomic mass is 19.3. The number of rotatable bonds is 5. The van der Waals surface area contributed by atoms with Crippen molar-refractivity contribution in [2.75, 3.05) is 7.11 Å². The lowest BCUT2D eigenvalue weighted by atomic mass is 10.3. The largest absolute Gasteiger partial charge is 0.493 e. The van der Waals surface area contributed by atoms with Crippen molar-refractivity contribution in [3.8, 4) is 0 Å². The second kappa shape index (κ2) is 6.22. The second-order valence-corrected chi connectivity index (χ2v) is 2.02. The van der Waals surface area contributed by atoms with Gasteiger partial charge < -0.3 is 9.47 Å². The van der Waals surface area contributed by atoms with E-state index in [1.54, 1.807) is 13.0 Å². The summed E-state index contributed by atoms with van der Waals surface area (Å²) in [5.41, 5.74) is 0. The van der Waals surface area contributed by atoms with E-state index in [0.717, 1.165) is 0 Å². The number of hydrogen-bond donors (Lipinski definition) is 0. The molecule has 0 fully saturated rings. The zero-order valence-electron chi connectivity index (χ0n) is 7.59. The third-order valence-electron chi connectivity index (χ3n) is 1.18. The molecule has 0 aromatic carbocycles. The van der Waals surface area contributed by atoms with Crippen LogP contribution in [0.15, 0.2) is 36.3 Å². The van der Waals surface area contributed by atoms with Crippen LogP contribution in [0, 0.1) is 0 Å². The molecule has 2 nitrogen and oxygen atoms in total. The van der Waals surface area contributed by atoms with Crippen LogP contribution in [-0.2, 0) is 9.47 Å². The van der Waals surface area contributed by atoms with E-state index in [1.165, 1.54) is 19.3 Å². The molecule has 13 heavy (non-hydrogen) atoms. The first-order valence-electron chi connectivity index (χ1n) is 3.63. The Morgan fingerprint density at radius 2 is 2.00 bits per heavy atom. The molecule has 74 valence electrons. The summed E-state index contributed by atoms with van der Waals surface area (Å²) in [6.07, 6.45) is 4.33. The van der Waals surface area contributed by atoms with Crippen LogP contribution in [0.5, 0.6) is 0 Å². The molecular weight excluding hydrogens is 178 g/mol. The summed E-state index contributed by atoms with van der Waals surface area (Å²) in [7, 11) is 1.37. The molecule has 0 atom stereocenters. The van der Waals surface area contributed by atoms with E-state index in [9.17, 15) is 8.78 Å². The standard InChI is InChI=1S/C9H12F2O2/c1-4-6-8(12-3)7(5-2)13-9(10)11/h4-6,9H,2H2,1,3H3/b6-4-,8-7-. The first-order valence-corrected chi connectivity index (χ1v) is 3.63. The number of methoxy groups -OCH3 is 1. The van der Waals surface area contributed by atoms with E-state index >= 15 is 0 Å². The summed E-state index contributed by atoms with van der Waals surface area (Å²) in [5.74, 6) is 0.147. The molecule has 0 saturated carbocycles. The van der Waals surface area contributed by atoms with Crippen LogP contribution < -0.4 is 0 Å². The quantitative estimate of drug-likeness (QED) is 0.490. The normalized spacial score (nSPS) is 13.0. The molecule has 0 heterocycles. The molecule has 0 amide bonds. The van der Waals surface area contributed by atoms with Crippen LogP contribution in [-0.4, -0.2) is 13.7 Å². The molecule has 0 aliphatic rings. The number of allylic oxidation sites excluding steroid dienone is 3. The van der Waals surface area contributed by atoms with E-state index in [4.69, 9.17) is 4.74 Å². The fourth-order valence-corrected chi connectivity index (χ4v) is 0.705. The van der Waals surface area contributed by atoms with Crippen LogP contribution in [0.2, 0.25) is 0 Å². The van der Waals surface area contributed by atoms with Gasteiger partial charge in [0.05, 0.1) is 7.11 Å². The Morgan fingerprint density at radius 3 is 2.31 bits per heavy atom. The van der Waals surface area contributed by atoms with Crippen LogP contribution in [0.1, 0.15) is 6.92 Å². The molecule has 0 N–H and O–H groups in total. The van der Waals surface area contributed by atoms with Crippen molar-refractivity contribution in [1.29, 1.82) is 0 Å². The first-order chi connectivity index (χ1) is 6.15. The minimum Gasteiger partial charge on any atom is -0.493 e. The summed E-state index contributed by atoms with van der Waals surface area (Å²) in [6.45, 7) is 2.20. The average Bonchev–Trinajstić information content (AvgIpc) is 2.10. The van der Waals surface area contributed by atoms with Crippen molar-refractivity contribution in [1.82, 2.24) is 0 Å². The Balaban J connectivity index is 4.71. The molecule has 0 aromatic rings. The fraction of sp³-hybridized carbons (Fsp3) is 0.333. The Kier molecular flexibility index (Phi) is 5.59. The smallest absolute Gasteiger partial charge is 0.387 e. The summed E-state index contributed by atoms with van der Waals surface area (Å²) in [6, 6.07) is 0. The lowest BCUT2D eigenvalue weighted by Gasteiger charge is -2.08. The topological polar surface area (TPSA) is 18.5 Å². The van der Waals surface area contributed by atoms with E-state index < -0.39 is 6.61 Å². The average molecular weight is 190 g/mol. The van der Waals surface area contributed by atoms with Crippen molar-refractivity contribution >= 4 is 0 Å². The van der Waals surface area contributed by atoms with Gasteiger partial charge >= 0.3 is 6.61 Å². The molecular formula is C9H12F2O2. The van der Waals surface area contributed by atoms with E-state index in [2.05, 4.69) is 11.3 Å². The fourth-order valence-electron chi connectivity index (χ4n) is 0.705. The highest BCUT2D eigenvalue weighted by Crippen LogP contribution is 2.13. The van der Waals surface area contributed by atoms with Gasteiger partial charge in [0.1, 0.15) is 0 Å². The highest BCUT2D eigenvalue weighted by molar-refractivity contribution is 5.22. The molecule has 0 aliphatic carbocycles. The molecule has 0 radical (unpaired) electrons. The third kappa shape index (κ3) is 4.30. The van der Waals surface area contributed by atoms with Crippen molar-refractivity contribution in [3.05, 3.63) is 36.3 Å². The van der Waals surface area contributed by atoms with Gasteiger partial charge in [-0.3, -0.25) is 0 Å². The highest BCUT2D eigenvalue weighted by Gasteiger charge is 2.08. The Morgan fingerprint density at radius 1 is 1.38 bits per heavy atom. The van der Waals surface area contributed by atoms with Gasteiger partial charge in [-0.2, -0.15) is 8.78 Å². The van der Waals surface area contributed by atoms with Crippen molar-refractivity contribution in [2.24, 2.45) is 0 Å². The first kappa shape index (κ1) is 11.7.